The van der Waals surface area contributed by atoms with Gasteiger partial charge < -0.3 is 24.4 Å². The van der Waals surface area contributed by atoms with Crippen molar-refractivity contribution in [3.05, 3.63) is 53.6 Å². The predicted octanol–water partition coefficient (Wildman–Crippen LogP) is 3.41. The lowest BCUT2D eigenvalue weighted by Gasteiger charge is -2.32. The van der Waals surface area contributed by atoms with Crippen LogP contribution in [0.25, 0.3) is 0 Å². The van der Waals surface area contributed by atoms with E-state index in [2.05, 4.69) is 5.32 Å². The summed E-state index contributed by atoms with van der Waals surface area (Å²) in [7, 11) is 3.18. The molecule has 2 aromatic rings. The third-order valence-corrected chi connectivity index (χ3v) is 6.06. The Morgan fingerprint density at radius 2 is 1.56 bits per heavy atom. The van der Waals surface area contributed by atoms with Gasteiger partial charge in [-0.15, -0.1) is 0 Å². The number of rotatable bonds is 8. The molecule has 1 heterocycles. The van der Waals surface area contributed by atoms with Crippen LogP contribution in [0.3, 0.4) is 0 Å². The quantitative estimate of drug-likeness (QED) is 0.684. The van der Waals surface area contributed by atoms with Crippen LogP contribution >= 0.6 is 0 Å². The third-order valence-electron chi connectivity index (χ3n) is 6.06. The van der Waals surface area contributed by atoms with Gasteiger partial charge in [0.1, 0.15) is 23.4 Å². The zero-order valence-corrected chi connectivity index (χ0v) is 18.6. The van der Waals surface area contributed by atoms with Crippen LogP contribution < -0.4 is 19.5 Å². The van der Waals surface area contributed by atoms with Gasteiger partial charge in [-0.2, -0.15) is 0 Å². The number of hydrogen-bond acceptors (Lipinski definition) is 5. The van der Waals surface area contributed by atoms with Gasteiger partial charge in [0.2, 0.25) is 5.91 Å². The molecular formula is C25H30N2O5. The maximum Gasteiger partial charge on any atom is 0.251 e. The summed E-state index contributed by atoms with van der Waals surface area (Å²) in [6.07, 6.45) is 3.85. The Hall–Kier alpha value is -3.22. The summed E-state index contributed by atoms with van der Waals surface area (Å²) in [5, 5.41) is 2.92. The van der Waals surface area contributed by atoms with E-state index in [1.807, 2.05) is 35.2 Å². The van der Waals surface area contributed by atoms with Gasteiger partial charge in [0.15, 0.2) is 0 Å². The van der Waals surface area contributed by atoms with Crippen molar-refractivity contribution in [2.24, 2.45) is 5.92 Å². The fraction of sp³-hybridized carbons (Fsp3) is 0.440. The standard InChI is InChI=1S/C25H30N2O5/c1-30-22-4-3-5-23(31-2)21(22)16-26-24(28)17-8-10-19(11-9-17)32-20-12-14-27(15-13-20)25(29)18-6-7-18/h3-5,8-11,18,20H,6-7,12-16H2,1-2H3,(H,26,28). The zero-order chi connectivity index (χ0) is 22.5. The van der Waals surface area contributed by atoms with Crippen LogP contribution in [0.4, 0.5) is 0 Å². The topological polar surface area (TPSA) is 77.1 Å². The first-order valence-electron chi connectivity index (χ1n) is 11.1. The molecule has 2 amide bonds. The van der Waals surface area contributed by atoms with E-state index in [0.717, 1.165) is 50.1 Å². The van der Waals surface area contributed by atoms with E-state index in [0.29, 0.717) is 29.5 Å². The highest BCUT2D eigenvalue weighted by Gasteiger charge is 2.35. The molecule has 1 saturated carbocycles. The molecule has 32 heavy (non-hydrogen) atoms. The van der Waals surface area contributed by atoms with Crippen molar-refractivity contribution in [1.29, 1.82) is 0 Å². The molecule has 2 fully saturated rings. The van der Waals surface area contributed by atoms with Crippen LogP contribution in [0.15, 0.2) is 42.5 Å². The Kier molecular flexibility index (Phi) is 6.83. The number of benzene rings is 2. The van der Waals surface area contributed by atoms with Crippen molar-refractivity contribution >= 4 is 11.8 Å². The zero-order valence-electron chi connectivity index (χ0n) is 18.6. The Bertz CT molecular complexity index is 925. The number of nitrogens with zero attached hydrogens (tertiary/aromatic N) is 1. The lowest BCUT2D eigenvalue weighted by molar-refractivity contribution is -0.134. The minimum atomic E-state index is -0.184. The Balaban J connectivity index is 1.28. The summed E-state index contributed by atoms with van der Waals surface area (Å²) in [6, 6.07) is 12.7. The molecule has 1 N–H and O–H groups in total. The molecule has 170 valence electrons. The number of likely N-dealkylation sites (tertiary alicyclic amines) is 1. The van der Waals surface area contributed by atoms with Gasteiger partial charge in [-0.3, -0.25) is 9.59 Å². The molecule has 7 heteroatoms. The number of carbonyl (C=O) groups excluding carboxylic acids is 2. The van der Waals surface area contributed by atoms with E-state index in [-0.39, 0.29) is 17.9 Å². The maximum atomic E-state index is 12.6. The van der Waals surface area contributed by atoms with Crippen molar-refractivity contribution in [3.63, 3.8) is 0 Å². The summed E-state index contributed by atoms with van der Waals surface area (Å²) in [4.78, 5) is 26.8. The third kappa shape index (κ3) is 5.15. The molecule has 0 spiro atoms. The number of hydrogen-bond donors (Lipinski definition) is 1. The van der Waals surface area contributed by atoms with Gasteiger partial charge in [0.25, 0.3) is 5.91 Å². The van der Waals surface area contributed by atoms with E-state index in [1.54, 1.807) is 26.4 Å². The first kappa shape index (κ1) is 22.0. The summed E-state index contributed by atoms with van der Waals surface area (Å²) < 4.78 is 16.8. The van der Waals surface area contributed by atoms with Crippen LogP contribution in [0.2, 0.25) is 0 Å². The van der Waals surface area contributed by atoms with Gasteiger partial charge >= 0.3 is 0 Å². The molecule has 0 radical (unpaired) electrons. The molecule has 0 bridgehead atoms. The fourth-order valence-corrected chi connectivity index (χ4v) is 4.03. The molecule has 0 atom stereocenters. The predicted molar refractivity (Wildman–Crippen MR) is 120 cm³/mol. The second-order valence-electron chi connectivity index (χ2n) is 8.26. The Morgan fingerprint density at radius 3 is 2.12 bits per heavy atom. The highest BCUT2D eigenvalue weighted by Crippen LogP contribution is 2.32. The number of methoxy groups -OCH3 is 2. The van der Waals surface area contributed by atoms with E-state index in [1.165, 1.54) is 0 Å². The van der Waals surface area contributed by atoms with Gasteiger partial charge in [0.05, 0.1) is 26.3 Å². The maximum absolute atomic E-state index is 12.6. The highest BCUT2D eigenvalue weighted by atomic mass is 16.5. The molecule has 2 aromatic carbocycles. The van der Waals surface area contributed by atoms with Crippen LogP contribution in [-0.2, 0) is 11.3 Å². The van der Waals surface area contributed by atoms with Crippen molar-refractivity contribution < 1.29 is 23.8 Å². The first-order valence-corrected chi connectivity index (χ1v) is 11.1. The average molecular weight is 439 g/mol. The largest absolute Gasteiger partial charge is 0.496 e. The second-order valence-corrected chi connectivity index (χ2v) is 8.26. The van der Waals surface area contributed by atoms with Gasteiger partial charge in [-0.1, -0.05) is 6.07 Å². The highest BCUT2D eigenvalue weighted by molar-refractivity contribution is 5.94. The summed E-state index contributed by atoms with van der Waals surface area (Å²) in [6.45, 7) is 1.81. The summed E-state index contributed by atoms with van der Waals surface area (Å²) >= 11 is 0. The number of ether oxygens (including phenoxy) is 3. The first-order chi connectivity index (χ1) is 15.6. The number of carbonyl (C=O) groups is 2. The van der Waals surface area contributed by atoms with Crippen LogP contribution in [0.1, 0.15) is 41.6 Å². The Morgan fingerprint density at radius 1 is 0.938 bits per heavy atom. The molecule has 2 aliphatic rings. The average Bonchev–Trinajstić information content (AvgIpc) is 3.68. The van der Waals surface area contributed by atoms with Crippen LogP contribution in [0.5, 0.6) is 17.2 Å². The molecule has 1 aliphatic heterocycles. The minimum absolute atomic E-state index is 0.0935. The van der Waals surface area contributed by atoms with Crippen molar-refractivity contribution in [1.82, 2.24) is 10.2 Å². The SMILES string of the molecule is COc1cccc(OC)c1CNC(=O)c1ccc(OC2CCN(C(=O)C3CC3)CC2)cc1. The van der Waals surface area contributed by atoms with Crippen molar-refractivity contribution in [2.45, 2.75) is 38.3 Å². The number of piperidine rings is 1. The van der Waals surface area contributed by atoms with Crippen LogP contribution in [-0.4, -0.2) is 50.1 Å². The minimum Gasteiger partial charge on any atom is -0.496 e. The molecule has 1 aliphatic carbocycles. The van der Waals surface area contributed by atoms with Crippen molar-refractivity contribution in [2.75, 3.05) is 27.3 Å². The van der Waals surface area contributed by atoms with Gasteiger partial charge in [0, 0.05) is 37.4 Å². The lowest BCUT2D eigenvalue weighted by atomic mass is 10.1. The van der Waals surface area contributed by atoms with Gasteiger partial charge in [-0.25, -0.2) is 0 Å². The molecule has 0 unspecified atom stereocenters. The molecule has 7 nitrogen and oxygen atoms in total. The summed E-state index contributed by atoms with van der Waals surface area (Å²) in [5.41, 5.74) is 1.34. The molecule has 0 aromatic heterocycles. The van der Waals surface area contributed by atoms with E-state index >= 15 is 0 Å². The fourth-order valence-electron chi connectivity index (χ4n) is 4.03. The number of amides is 2. The van der Waals surface area contributed by atoms with E-state index in [4.69, 9.17) is 14.2 Å². The molecule has 4 rings (SSSR count). The lowest BCUT2D eigenvalue weighted by Crippen LogP contribution is -2.42. The number of nitrogens with one attached hydrogen (secondary N) is 1. The Labute approximate surface area is 188 Å². The van der Waals surface area contributed by atoms with Crippen LogP contribution in [0, 0.1) is 5.92 Å². The van der Waals surface area contributed by atoms with Crippen molar-refractivity contribution in [3.8, 4) is 17.2 Å². The second kappa shape index (κ2) is 9.94. The smallest absolute Gasteiger partial charge is 0.251 e. The monoisotopic (exact) mass is 438 g/mol. The normalized spacial score (nSPS) is 16.4. The molecular weight excluding hydrogens is 408 g/mol. The van der Waals surface area contributed by atoms with E-state index < -0.39 is 0 Å². The molecule has 1 saturated heterocycles. The summed E-state index contributed by atoms with van der Waals surface area (Å²) in [5.74, 6) is 2.47. The van der Waals surface area contributed by atoms with E-state index in [9.17, 15) is 9.59 Å². The van der Waals surface area contributed by atoms with Gasteiger partial charge in [-0.05, 0) is 49.2 Å².